The summed E-state index contributed by atoms with van der Waals surface area (Å²) in [6.07, 6.45) is 0. The van der Waals surface area contributed by atoms with E-state index >= 15 is 0 Å². The lowest BCUT2D eigenvalue weighted by molar-refractivity contribution is 0.562. The topological polar surface area (TPSA) is 35.1 Å². The third-order valence-electron chi connectivity index (χ3n) is 4.91. The molecule has 0 saturated carbocycles. The molecule has 0 spiro atoms. The first kappa shape index (κ1) is 15.6. The fourth-order valence-corrected chi connectivity index (χ4v) is 3.61. The number of para-hydroxylation sites is 2. The summed E-state index contributed by atoms with van der Waals surface area (Å²) in [6.45, 7) is 0.690. The molecule has 0 saturated heterocycles. The Morgan fingerprint density at radius 3 is 2.30 bits per heavy atom. The van der Waals surface area contributed by atoms with E-state index in [9.17, 15) is 4.79 Å². The quantitative estimate of drug-likeness (QED) is 0.404. The summed E-state index contributed by atoms with van der Waals surface area (Å²) in [5.74, 6) is 0. The molecule has 0 radical (unpaired) electrons. The van der Waals surface area contributed by atoms with Crippen LogP contribution in [0.3, 0.4) is 0 Å². The Balaban J connectivity index is 1.77. The largest absolute Gasteiger partial charge is 0.422 e. The molecule has 130 valence electrons. The zero-order valence-electron chi connectivity index (χ0n) is 14.6. The first-order chi connectivity index (χ1) is 13.3. The minimum atomic E-state index is -0.314. The number of rotatable bonds is 3. The highest BCUT2D eigenvalue weighted by Crippen LogP contribution is 2.29. The maximum atomic E-state index is 12.7. The molecule has 2 aromatic heterocycles. The van der Waals surface area contributed by atoms with Gasteiger partial charge in [-0.1, -0.05) is 66.7 Å². The predicted octanol–water partition coefficient (Wildman–Crippen LogP) is 5.46. The number of aromatic nitrogens is 1. The molecule has 0 fully saturated rings. The van der Waals surface area contributed by atoms with Crippen molar-refractivity contribution in [3.8, 4) is 11.3 Å². The summed E-state index contributed by atoms with van der Waals surface area (Å²) >= 11 is 0. The monoisotopic (exact) mass is 351 g/mol. The van der Waals surface area contributed by atoms with Gasteiger partial charge in [-0.3, -0.25) is 0 Å². The van der Waals surface area contributed by atoms with E-state index in [1.54, 1.807) is 0 Å². The van der Waals surface area contributed by atoms with Crippen LogP contribution in [-0.4, -0.2) is 4.57 Å². The first-order valence-corrected chi connectivity index (χ1v) is 8.95. The molecule has 3 nitrogen and oxygen atoms in total. The lowest BCUT2D eigenvalue weighted by Gasteiger charge is -2.11. The van der Waals surface area contributed by atoms with E-state index in [0.717, 1.165) is 22.0 Å². The van der Waals surface area contributed by atoms with Gasteiger partial charge >= 0.3 is 5.63 Å². The number of hydrogen-bond acceptors (Lipinski definition) is 2. The van der Waals surface area contributed by atoms with Crippen molar-refractivity contribution < 1.29 is 4.42 Å². The Morgan fingerprint density at radius 1 is 0.741 bits per heavy atom. The first-order valence-electron chi connectivity index (χ1n) is 8.95. The molecule has 0 atom stereocenters. The standard InChI is InChI=1S/C24H17NO2/c26-24-20(14-19-11-5-7-13-23(19)27-24)22-15-18-10-4-6-12-21(18)25(22)16-17-8-2-1-3-9-17/h1-15H,16H2. The maximum Gasteiger partial charge on any atom is 0.345 e. The summed E-state index contributed by atoms with van der Waals surface area (Å²) in [5.41, 5.74) is 4.04. The average molecular weight is 351 g/mol. The highest BCUT2D eigenvalue weighted by molar-refractivity contribution is 5.89. The van der Waals surface area contributed by atoms with Crippen LogP contribution in [0.25, 0.3) is 33.1 Å². The highest BCUT2D eigenvalue weighted by atomic mass is 16.4. The normalized spacial score (nSPS) is 11.3. The molecular formula is C24H17NO2. The third-order valence-corrected chi connectivity index (χ3v) is 4.91. The molecule has 0 aliphatic carbocycles. The van der Waals surface area contributed by atoms with Crippen LogP contribution in [0.1, 0.15) is 5.56 Å². The molecule has 0 bridgehead atoms. The van der Waals surface area contributed by atoms with Gasteiger partial charge in [0.1, 0.15) is 5.58 Å². The van der Waals surface area contributed by atoms with E-state index in [-0.39, 0.29) is 5.63 Å². The van der Waals surface area contributed by atoms with Crippen molar-refractivity contribution in [2.45, 2.75) is 6.54 Å². The summed E-state index contributed by atoms with van der Waals surface area (Å²) in [6, 6.07) is 30.1. The van der Waals surface area contributed by atoms with Crippen LogP contribution >= 0.6 is 0 Å². The average Bonchev–Trinajstić information content (AvgIpc) is 3.06. The van der Waals surface area contributed by atoms with Crippen molar-refractivity contribution in [2.75, 3.05) is 0 Å². The van der Waals surface area contributed by atoms with Gasteiger partial charge in [-0.15, -0.1) is 0 Å². The van der Waals surface area contributed by atoms with E-state index in [4.69, 9.17) is 4.42 Å². The van der Waals surface area contributed by atoms with Gasteiger partial charge in [0.15, 0.2) is 0 Å². The number of fused-ring (bicyclic) bond motifs is 2. The lowest BCUT2D eigenvalue weighted by atomic mass is 10.1. The SMILES string of the molecule is O=c1oc2ccccc2cc1-c1cc2ccccc2n1Cc1ccccc1. The zero-order valence-corrected chi connectivity index (χ0v) is 14.6. The molecule has 0 aliphatic heterocycles. The zero-order chi connectivity index (χ0) is 18.2. The van der Waals surface area contributed by atoms with Gasteiger partial charge in [-0.2, -0.15) is 0 Å². The molecule has 0 aliphatic rings. The Kier molecular flexibility index (Phi) is 3.65. The van der Waals surface area contributed by atoms with Crippen molar-refractivity contribution in [1.82, 2.24) is 4.57 Å². The van der Waals surface area contributed by atoms with Gasteiger partial charge in [0.25, 0.3) is 0 Å². The molecular weight excluding hydrogens is 334 g/mol. The van der Waals surface area contributed by atoms with Crippen molar-refractivity contribution in [1.29, 1.82) is 0 Å². The number of hydrogen-bond donors (Lipinski definition) is 0. The minimum Gasteiger partial charge on any atom is -0.422 e. The Labute approximate surface area is 156 Å². The summed E-state index contributed by atoms with van der Waals surface area (Å²) in [7, 11) is 0. The molecule has 5 aromatic rings. The minimum absolute atomic E-state index is 0.314. The maximum absolute atomic E-state index is 12.7. The van der Waals surface area contributed by atoms with Crippen LogP contribution in [0.15, 0.2) is 100 Å². The highest BCUT2D eigenvalue weighted by Gasteiger charge is 2.15. The second kappa shape index (κ2) is 6.29. The van der Waals surface area contributed by atoms with E-state index < -0.39 is 0 Å². The van der Waals surface area contributed by atoms with Crippen molar-refractivity contribution >= 4 is 21.9 Å². The van der Waals surface area contributed by atoms with E-state index in [0.29, 0.717) is 17.7 Å². The van der Waals surface area contributed by atoms with Crippen LogP contribution in [0.5, 0.6) is 0 Å². The molecule has 5 rings (SSSR count). The van der Waals surface area contributed by atoms with Crippen molar-refractivity contribution in [2.24, 2.45) is 0 Å². The van der Waals surface area contributed by atoms with Crippen LogP contribution in [0, 0.1) is 0 Å². The number of nitrogens with zero attached hydrogens (tertiary/aromatic N) is 1. The van der Waals surface area contributed by atoms with Crippen LogP contribution < -0.4 is 5.63 Å². The van der Waals surface area contributed by atoms with E-state index in [1.807, 2.05) is 60.7 Å². The lowest BCUT2D eigenvalue weighted by Crippen LogP contribution is -2.08. The van der Waals surface area contributed by atoms with E-state index in [1.165, 1.54) is 5.56 Å². The second-order valence-corrected chi connectivity index (χ2v) is 6.65. The van der Waals surface area contributed by atoms with Crippen molar-refractivity contribution in [3.05, 3.63) is 107 Å². The Morgan fingerprint density at radius 2 is 1.44 bits per heavy atom. The predicted molar refractivity (Wildman–Crippen MR) is 109 cm³/mol. The summed E-state index contributed by atoms with van der Waals surface area (Å²) in [4.78, 5) is 12.7. The number of benzene rings is 3. The molecule has 3 heteroatoms. The van der Waals surface area contributed by atoms with Crippen LogP contribution in [-0.2, 0) is 6.54 Å². The fourth-order valence-electron chi connectivity index (χ4n) is 3.61. The van der Waals surface area contributed by atoms with Gasteiger partial charge in [0, 0.05) is 22.8 Å². The van der Waals surface area contributed by atoms with Crippen molar-refractivity contribution in [3.63, 3.8) is 0 Å². The molecule has 0 amide bonds. The van der Waals surface area contributed by atoms with Crippen LogP contribution in [0.4, 0.5) is 0 Å². The molecule has 2 heterocycles. The van der Waals surface area contributed by atoms with Gasteiger partial charge < -0.3 is 8.98 Å². The Bertz CT molecular complexity index is 1310. The Hall–Kier alpha value is -3.59. The van der Waals surface area contributed by atoms with E-state index in [2.05, 4.69) is 34.9 Å². The van der Waals surface area contributed by atoms with Gasteiger partial charge in [-0.25, -0.2) is 4.79 Å². The fraction of sp³-hybridized carbons (Fsp3) is 0.0417. The molecule has 0 N–H and O–H groups in total. The van der Waals surface area contributed by atoms with Gasteiger partial charge in [-0.05, 0) is 29.8 Å². The second-order valence-electron chi connectivity index (χ2n) is 6.65. The summed E-state index contributed by atoms with van der Waals surface area (Å²) in [5, 5.41) is 2.03. The smallest absolute Gasteiger partial charge is 0.345 e. The van der Waals surface area contributed by atoms with Gasteiger partial charge in [0.05, 0.1) is 11.3 Å². The molecule has 0 unspecified atom stereocenters. The van der Waals surface area contributed by atoms with Gasteiger partial charge in [0.2, 0.25) is 0 Å². The van der Waals surface area contributed by atoms with Crippen LogP contribution in [0.2, 0.25) is 0 Å². The molecule has 3 aromatic carbocycles. The third kappa shape index (κ3) is 2.74. The molecule has 27 heavy (non-hydrogen) atoms. The summed E-state index contributed by atoms with van der Waals surface area (Å²) < 4.78 is 7.77.